The monoisotopic (exact) mass is 230 g/mol. The van der Waals surface area contributed by atoms with E-state index in [4.69, 9.17) is 0 Å². The van der Waals surface area contributed by atoms with Gasteiger partial charge in [0.2, 0.25) is 5.91 Å². The van der Waals surface area contributed by atoms with Crippen molar-refractivity contribution in [3.63, 3.8) is 0 Å². The number of hydrogen-bond donors (Lipinski definition) is 3. The lowest BCUT2D eigenvalue weighted by Gasteiger charge is -2.15. The summed E-state index contributed by atoms with van der Waals surface area (Å²) in [6.07, 6.45) is 1.38. The summed E-state index contributed by atoms with van der Waals surface area (Å²) < 4.78 is 0. The van der Waals surface area contributed by atoms with Gasteiger partial charge < -0.3 is 15.5 Å². The molecule has 0 aliphatic rings. The normalized spacial score (nSPS) is 10.2. The molecular formula is C10H22N4O2. The number of nitrogens with one attached hydrogen (secondary N) is 3. The van der Waals surface area contributed by atoms with Crippen LogP contribution in [0.2, 0.25) is 0 Å². The van der Waals surface area contributed by atoms with Crippen molar-refractivity contribution in [3.8, 4) is 0 Å². The minimum absolute atomic E-state index is 0.250. The highest BCUT2D eigenvalue weighted by molar-refractivity contribution is 5.94. The third-order valence-electron chi connectivity index (χ3n) is 2.17. The number of hydrogen-bond acceptors (Lipinski definition) is 4. The van der Waals surface area contributed by atoms with Crippen LogP contribution < -0.4 is 16.0 Å². The van der Waals surface area contributed by atoms with Crippen molar-refractivity contribution < 1.29 is 9.59 Å². The molecule has 6 nitrogen and oxygen atoms in total. The van der Waals surface area contributed by atoms with Gasteiger partial charge in [-0.05, 0) is 33.6 Å². The Bertz CT molecular complexity index is 221. The summed E-state index contributed by atoms with van der Waals surface area (Å²) in [5, 5.41) is 7.62. The van der Waals surface area contributed by atoms with Gasteiger partial charge in [0.1, 0.15) is 0 Å². The van der Waals surface area contributed by atoms with E-state index >= 15 is 0 Å². The van der Waals surface area contributed by atoms with Crippen molar-refractivity contribution in [2.24, 2.45) is 0 Å². The maximum Gasteiger partial charge on any atom is 0.321 e. The van der Waals surface area contributed by atoms with Crippen molar-refractivity contribution in [1.82, 2.24) is 20.9 Å². The predicted molar refractivity (Wildman–Crippen MR) is 63.3 cm³/mol. The van der Waals surface area contributed by atoms with Gasteiger partial charge in [-0.1, -0.05) is 0 Å². The second-order valence-electron chi connectivity index (χ2n) is 3.64. The summed E-state index contributed by atoms with van der Waals surface area (Å²) in [4.78, 5) is 24.1. The van der Waals surface area contributed by atoms with Crippen molar-refractivity contribution in [2.45, 2.75) is 12.8 Å². The minimum Gasteiger partial charge on any atom is -0.341 e. The Morgan fingerprint density at radius 1 is 1.19 bits per heavy atom. The first kappa shape index (κ1) is 14.9. The van der Waals surface area contributed by atoms with Gasteiger partial charge >= 0.3 is 6.03 Å². The Morgan fingerprint density at radius 2 is 1.88 bits per heavy atom. The number of rotatable bonds is 7. The van der Waals surface area contributed by atoms with Crippen molar-refractivity contribution >= 4 is 11.9 Å². The van der Waals surface area contributed by atoms with E-state index in [0.29, 0.717) is 13.0 Å². The molecule has 0 spiro atoms. The van der Waals surface area contributed by atoms with Crippen molar-refractivity contribution in [1.29, 1.82) is 0 Å². The molecule has 0 bridgehead atoms. The summed E-state index contributed by atoms with van der Waals surface area (Å²) in [5.74, 6) is -0.250. The van der Waals surface area contributed by atoms with Crippen LogP contribution in [0.4, 0.5) is 4.79 Å². The van der Waals surface area contributed by atoms with Crippen LogP contribution in [0.1, 0.15) is 12.8 Å². The van der Waals surface area contributed by atoms with Crippen LogP contribution in [-0.2, 0) is 4.79 Å². The molecule has 0 fully saturated rings. The molecule has 6 heteroatoms. The Hall–Kier alpha value is -1.14. The van der Waals surface area contributed by atoms with Gasteiger partial charge in [0.25, 0.3) is 0 Å². The molecule has 0 rings (SSSR count). The molecule has 16 heavy (non-hydrogen) atoms. The van der Waals surface area contributed by atoms with Gasteiger partial charge in [-0.3, -0.25) is 10.1 Å². The molecule has 3 amide bonds. The van der Waals surface area contributed by atoms with Gasteiger partial charge in [0.05, 0.1) is 0 Å². The Kier molecular flexibility index (Phi) is 8.46. The second-order valence-corrected chi connectivity index (χ2v) is 3.64. The number of amides is 3. The molecule has 0 saturated heterocycles. The first-order chi connectivity index (χ1) is 7.60. The molecule has 0 aromatic rings. The first-order valence-electron chi connectivity index (χ1n) is 5.45. The molecule has 0 aromatic carbocycles. The van der Waals surface area contributed by atoms with E-state index in [2.05, 4.69) is 20.9 Å². The van der Waals surface area contributed by atoms with Crippen LogP contribution in [0.3, 0.4) is 0 Å². The third-order valence-corrected chi connectivity index (χ3v) is 2.17. The number of carbonyl (C=O) groups excluding carboxylic acids is 2. The molecule has 0 unspecified atom stereocenters. The zero-order valence-electron chi connectivity index (χ0n) is 10.3. The fraction of sp³-hybridized carbons (Fsp3) is 0.800. The van der Waals surface area contributed by atoms with E-state index in [0.717, 1.165) is 19.5 Å². The quantitative estimate of drug-likeness (QED) is 0.509. The largest absolute Gasteiger partial charge is 0.341 e. The smallest absolute Gasteiger partial charge is 0.321 e. The van der Waals surface area contributed by atoms with E-state index < -0.39 is 6.03 Å². The molecule has 0 atom stereocenters. The topological polar surface area (TPSA) is 73.5 Å². The molecule has 0 aromatic heterocycles. The summed E-state index contributed by atoms with van der Waals surface area (Å²) in [6, 6.07) is -0.456. The van der Waals surface area contributed by atoms with Crippen LogP contribution in [0.5, 0.6) is 0 Å². The number of carbonyl (C=O) groups is 2. The Balaban J connectivity index is 3.54. The predicted octanol–water partition coefficient (Wildman–Crippen LogP) is -0.627. The highest BCUT2D eigenvalue weighted by Crippen LogP contribution is 1.90. The molecule has 0 saturated carbocycles. The molecule has 94 valence electrons. The third kappa shape index (κ3) is 8.19. The lowest BCUT2D eigenvalue weighted by Crippen LogP contribution is -2.38. The van der Waals surface area contributed by atoms with E-state index in [9.17, 15) is 9.59 Å². The Labute approximate surface area is 96.8 Å². The van der Waals surface area contributed by atoms with Crippen molar-refractivity contribution in [2.75, 3.05) is 40.8 Å². The highest BCUT2D eigenvalue weighted by Gasteiger charge is 2.06. The van der Waals surface area contributed by atoms with Crippen LogP contribution in [-0.4, -0.2) is 57.6 Å². The Morgan fingerprint density at radius 3 is 2.44 bits per heavy atom. The maximum atomic E-state index is 11.2. The van der Waals surface area contributed by atoms with Crippen LogP contribution in [0.25, 0.3) is 0 Å². The second kappa shape index (κ2) is 9.11. The summed E-state index contributed by atoms with van der Waals surface area (Å²) >= 11 is 0. The van der Waals surface area contributed by atoms with Gasteiger partial charge in [0, 0.05) is 20.0 Å². The minimum atomic E-state index is -0.456. The zero-order valence-corrected chi connectivity index (χ0v) is 10.3. The van der Waals surface area contributed by atoms with E-state index in [1.807, 2.05) is 14.1 Å². The zero-order chi connectivity index (χ0) is 12.4. The SMILES string of the molecule is CNCCCN(C)CCC(=O)NC(=O)NC. The lowest BCUT2D eigenvalue weighted by molar-refractivity contribution is -0.120. The highest BCUT2D eigenvalue weighted by atomic mass is 16.2. The van der Waals surface area contributed by atoms with E-state index in [1.54, 1.807) is 0 Å². The molecule has 0 aliphatic heterocycles. The summed E-state index contributed by atoms with van der Waals surface area (Å²) in [5.41, 5.74) is 0. The average Bonchev–Trinajstić information content (AvgIpc) is 2.26. The first-order valence-corrected chi connectivity index (χ1v) is 5.45. The number of imide groups is 1. The summed E-state index contributed by atoms with van der Waals surface area (Å²) in [6.45, 7) is 2.56. The summed E-state index contributed by atoms with van der Waals surface area (Å²) in [7, 11) is 5.35. The van der Waals surface area contributed by atoms with Gasteiger partial charge in [-0.25, -0.2) is 4.79 Å². The van der Waals surface area contributed by atoms with Crippen LogP contribution in [0.15, 0.2) is 0 Å². The molecule has 0 aliphatic carbocycles. The van der Waals surface area contributed by atoms with Gasteiger partial charge in [-0.2, -0.15) is 0 Å². The fourth-order valence-electron chi connectivity index (χ4n) is 1.18. The average molecular weight is 230 g/mol. The molecule has 0 heterocycles. The van der Waals surface area contributed by atoms with Crippen molar-refractivity contribution in [3.05, 3.63) is 0 Å². The molecule has 3 N–H and O–H groups in total. The molecule has 0 radical (unpaired) electrons. The fourth-order valence-corrected chi connectivity index (χ4v) is 1.18. The van der Waals surface area contributed by atoms with Gasteiger partial charge in [0.15, 0.2) is 0 Å². The van der Waals surface area contributed by atoms with Gasteiger partial charge in [-0.15, -0.1) is 0 Å². The van der Waals surface area contributed by atoms with E-state index in [1.165, 1.54) is 7.05 Å². The number of nitrogens with zero attached hydrogens (tertiary/aromatic N) is 1. The maximum absolute atomic E-state index is 11.2. The standard InChI is InChI=1S/C10H22N4O2/c1-11-6-4-7-14(3)8-5-9(15)13-10(16)12-2/h11H,4-8H2,1-3H3,(H2,12,13,15,16). The number of urea groups is 1. The molecular weight excluding hydrogens is 208 g/mol. The lowest BCUT2D eigenvalue weighted by atomic mass is 10.3. The van der Waals surface area contributed by atoms with Crippen LogP contribution >= 0.6 is 0 Å². The van der Waals surface area contributed by atoms with Crippen LogP contribution in [0, 0.1) is 0 Å². The van der Waals surface area contributed by atoms with E-state index in [-0.39, 0.29) is 5.91 Å².